The quantitative estimate of drug-likeness (QED) is 0.311. The predicted molar refractivity (Wildman–Crippen MR) is 127 cm³/mol. The van der Waals surface area contributed by atoms with Gasteiger partial charge in [0, 0.05) is 13.1 Å². The number of carbonyl (C=O) groups excluding carboxylic acids is 1. The van der Waals surface area contributed by atoms with Gasteiger partial charge in [-0.2, -0.15) is 23.4 Å². The smallest absolute Gasteiger partial charge is 0.331 e. The predicted octanol–water partition coefficient (Wildman–Crippen LogP) is 4.49. The molecule has 0 saturated heterocycles. The average molecular weight is 515 g/mol. The number of nitriles is 1. The van der Waals surface area contributed by atoms with E-state index in [2.05, 4.69) is 4.98 Å². The van der Waals surface area contributed by atoms with Crippen LogP contribution in [0.3, 0.4) is 0 Å². The Kier molecular flexibility index (Phi) is 8.92. The zero-order valence-corrected chi connectivity index (χ0v) is 20.2. The fourth-order valence-electron chi connectivity index (χ4n) is 3.52. The van der Waals surface area contributed by atoms with Crippen LogP contribution in [-0.4, -0.2) is 41.9 Å². The van der Waals surface area contributed by atoms with Crippen molar-refractivity contribution in [3.05, 3.63) is 77.2 Å². The standard InChI is InChI=1S/C26H24F3N3O5/c1-4-35-26(34)22(15(2)33)32(3)23-20(27)24(29)31-25(21(23)28)37-19-12-17(13-30)10-11-18(19)36-14-16-8-6-5-7-9-16/h5-12,15,22,33H,4,14H2,1-3H3. The van der Waals surface area contributed by atoms with Crippen LogP contribution in [0.1, 0.15) is 25.0 Å². The van der Waals surface area contributed by atoms with Crippen LogP contribution in [0.4, 0.5) is 18.9 Å². The van der Waals surface area contributed by atoms with Crippen LogP contribution in [0.15, 0.2) is 48.5 Å². The van der Waals surface area contributed by atoms with Crippen molar-refractivity contribution >= 4 is 11.7 Å². The largest absolute Gasteiger partial charge is 0.485 e. The molecule has 1 aromatic heterocycles. The summed E-state index contributed by atoms with van der Waals surface area (Å²) in [6, 6.07) is 13.5. The van der Waals surface area contributed by atoms with Crippen LogP contribution in [0.25, 0.3) is 0 Å². The Hall–Kier alpha value is -4.30. The lowest BCUT2D eigenvalue weighted by atomic mass is 10.1. The van der Waals surface area contributed by atoms with E-state index in [0.29, 0.717) is 4.90 Å². The van der Waals surface area contributed by atoms with Gasteiger partial charge < -0.3 is 24.2 Å². The third kappa shape index (κ3) is 6.29. The van der Waals surface area contributed by atoms with Crippen molar-refractivity contribution in [2.24, 2.45) is 0 Å². The summed E-state index contributed by atoms with van der Waals surface area (Å²) in [5, 5.41) is 19.3. The molecule has 0 aliphatic heterocycles. The maximum absolute atomic E-state index is 15.5. The zero-order valence-electron chi connectivity index (χ0n) is 20.2. The lowest BCUT2D eigenvalue weighted by molar-refractivity contribution is -0.147. The van der Waals surface area contributed by atoms with Crippen LogP contribution in [0.5, 0.6) is 17.4 Å². The first-order valence-corrected chi connectivity index (χ1v) is 11.2. The van der Waals surface area contributed by atoms with Gasteiger partial charge in [-0.15, -0.1) is 0 Å². The zero-order chi connectivity index (χ0) is 27.1. The van der Waals surface area contributed by atoms with Gasteiger partial charge in [0.2, 0.25) is 11.6 Å². The summed E-state index contributed by atoms with van der Waals surface area (Å²) in [5.41, 5.74) is -0.0782. The molecule has 0 bridgehead atoms. The number of hydrogen-bond acceptors (Lipinski definition) is 8. The minimum Gasteiger partial charge on any atom is -0.485 e. The van der Waals surface area contributed by atoms with Crippen LogP contribution >= 0.6 is 0 Å². The number of anilines is 1. The number of benzene rings is 2. The second-order valence-corrected chi connectivity index (χ2v) is 7.88. The summed E-state index contributed by atoms with van der Waals surface area (Å²) >= 11 is 0. The maximum atomic E-state index is 15.5. The molecule has 0 aliphatic rings. The molecule has 3 aromatic rings. The molecule has 37 heavy (non-hydrogen) atoms. The van der Waals surface area contributed by atoms with Crippen molar-refractivity contribution in [2.45, 2.75) is 32.6 Å². The van der Waals surface area contributed by atoms with Crippen LogP contribution in [0, 0.1) is 28.9 Å². The van der Waals surface area contributed by atoms with Crippen LogP contribution < -0.4 is 14.4 Å². The summed E-state index contributed by atoms with van der Waals surface area (Å²) in [6.07, 6.45) is -1.44. The topological polar surface area (TPSA) is 105 Å². The molecule has 3 rings (SSSR count). The molecule has 2 atom stereocenters. The number of aliphatic hydroxyl groups is 1. The lowest BCUT2D eigenvalue weighted by Crippen LogP contribution is -2.48. The first-order chi connectivity index (χ1) is 17.7. The monoisotopic (exact) mass is 515 g/mol. The summed E-state index contributed by atoms with van der Waals surface area (Å²) in [4.78, 5) is 16.3. The minimum atomic E-state index is -1.71. The van der Waals surface area contributed by atoms with E-state index in [1.54, 1.807) is 0 Å². The highest BCUT2D eigenvalue weighted by Crippen LogP contribution is 2.37. The Morgan fingerprint density at radius 2 is 1.84 bits per heavy atom. The Morgan fingerprint density at radius 3 is 2.46 bits per heavy atom. The van der Waals surface area contributed by atoms with E-state index in [0.717, 1.165) is 12.6 Å². The molecule has 1 N–H and O–H groups in total. The fraction of sp³-hybridized carbons (Fsp3) is 0.269. The van der Waals surface area contributed by atoms with Gasteiger partial charge in [-0.05, 0) is 31.5 Å². The van der Waals surface area contributed by atoms with E-state index in [9.17, 15) is 23.9 Å². The number of aromatic nitrogens is 1. The Bertz CT molecular complexity index is 1300. The van der Waals surface area contributed by atoms with Crippen molar-refractivity contribution in [3.63, 3.8) is 0 Å². The van der Waals surface area contributed by atoms with E-state index < -0.39 is 47.3 Å². The number of rotatable bonds is 10. The van der Waals surface area contributed by atoms with Crippen molar-refractivity contribution in [1.29, 1.82) is 5.26 Å². The number of carbonyl (C=O) groups is 1. The maximum Gasteiger partial charge on any atom is 0.331 e. The molecule has 0 aliphatic carbocycles. The molecule has 8 nitrogen and oxygen atoms in total. The molecule has 194 valence electrons. The van der Waals surface area contributed by atoms with Gasteiger partial charge in [0.05, 0.1) is 24.3 Å². The molecule has 2 unspecified atom stereocenters. The fourth-order valence-corrected chi connectivity index (χ4v) is 3.52. The number of pyridine rings is 1. The first-order valence-electron chi connectivity index (χ1n) is 11.2. The van der Waals surface area contributed by atoms with E-state index >= 15 is 4.39 Å². The first kappa shape index (κ1) is 27.3. The molecule has 11 heteroatoms. The summed E-state index contributed by atoms with van der Waals surface area (Å²) in [6.45, 7) is 2.77. The highest BCUT2D eigenvalue weighted by molar-refractivity contribution is 5.81. The highest BCUT2D eigenvalue weighted by Gasteiger charge is 2.35. The molecular weight excluding hydrogens is 491 g/mol. The normalized spacial score (nSPS) is 12.3. The second kappa shape index (κ2) is 12.1. The van der Waals surface area contributed by atoms with Gasteiger partial charge >= 0.3 is 5.97 Å². The molecular formula is C26H24F3N3O5. The lowest BCUT2D eigenvalue weighted by Gasteiger charge is -2.30. The summed E-state index contributed by atoms with van der Waals surface area (Å²) < 4.78 is 60.8. The number of aliphatic hydroxyl groups excluding tert-OH is 1. The number of hydrogen-bond donors (Lipinski definition) is 1. The van der Waals surface area contributed by atoms with Gasteiger partial charge in [-0.1, -0.05) is 30.3 Å². The Morgan fingerprint density at radius 1 is 1.14 bits per heavy atom. The Labute approximate surface area is 211 Å². The summed E-state index contributed by atoms with van der Waals surface area (Å²) in [5.74, 6) is -6.92. The third-order valence-electron chi connectivity index (χ3n) is 5.26. The number of likely N-dealkylation sites (N-methyl/N-ethyl adjacent to an activating group) is 1. The average Bonchev–Trinajstić information content (AvgIpc) is 2.87. The molecule has 0 spiro atoms. The minimum absolute atomic E-state index is 0.0546. The van der Waals surface area contributed by atoms with Gasteiger partial charge in [-0.3, -0.25) is 0 Å². The summed E-state index contributed by atoms with van der Waals surface area (Å²) in [7, 11) is 1.09. The van der Waals surface area contributed by atoms with Crippen molar-refractivity contribution in [3.8, 4) is 23.4 Å². The SMILES string of the molecule is CCOC(=O)C(C(C)O)N(C)c1c(F)c(F)nc(Oc2cc(C#N)ccc2OCc2ccccc2)c1F. The Balaban J connectivity index is 2.02. The van der Waals surface area contributed by atoms with E-state index in [-0.39, 0.29) is 30.3 Å². The van der Waals surface area contributed by atoms with Gasteiger partial charge in [-0.25, -0.2) is 4.79 Å². The molecule has 0 amide bonds. The number of nitrogens with zero attached hydrogens (tertiary/aromatic N) is 3. The van der Waals surface area contributed by atoms with E-state index in [1.807, 2.05) is 36.4 Å². The van der Waals surface area contributed by atoms with Crippen molar-refractivity contribution < 1.29 is 37.3 Å². The van der Waals surface area contributed by atoms with Crippen molar-refractivity contribution in [2.75, 3.05) is 18.6 Å². The third-order valence-corrected chi connectivity index (χ3v) is 5.26. The van der Waals surface area contributed by atoms with E-state index in [1.165, 1.54) is 32.0 Å². The van der Waals surface area contributed by atoms with Crippen LogP contribution in [-0.2, 0) is 16.1 Å². The van der Waals surface area contributed by atoms with Gasteiger partial charge in [0.25, 0.3) is 11.8 Å². The van der Waals surface area contributed by atoms with Gasteiger partial charge in [0.1, 0.15) is 12.3 Å². The molecule has 2 aromatic carbocycles. The molecule has 0 fully saturated rings. The molecule has 0 radical (unpaired) electrons. The van der Waals surface area contributed by atoms with E-state index in [4.69, 9.17) is 14.2 Å². The second-order valence-electron chi connectivity index (χ2n) is 7.88. The highest BCUT2D eigenvalue weighted by atomic mass is 19.2. The van der Waals surface area contributed by atoms with Gasteiger partial charge in [0.15, 0.2) is 17.5 Å². The number of ether oxygens (including phenoxy) is 3. The van der Waals surface area contributed by atoms with Crippen LogP contribution in [0.2, 0.25) is 0 Å². The number of esters is 1. The molecule has 1 heterocycles. The molecule has 0 saturated carbocycles. The number of halogens is 3. The van der Waals surface area contributed by atoms with Crippen molar-refractivity contribution in [1.82, 2.24) is 4.98 Å².